The van der Waals surface area contributed by atoms with Crippen LogP contribution in [0.4, 0.5) is 19.0 Å². The molecule has 7 nitrogen and oxygen atoms in total. The van der Waals surface area contributed by atoms with Gasteiger partial charge in [0.05, 0.1) is 12.2 Å². The van der Waals surface area contributed by atoms with Crippen LogP contribution in [0, 0.1) is 12.8 Å². The average molecular weight is 422 g/mol. The molecular weight excluding hydrogens is 405 g/mol. The van der Waals surface area contributed by atoms with Gasteiger partial charge in [-0.05, 0) is 25.5 Å². The molecule has 152 valence electrons. The Morgan fingerprint density at radius 1 is 1.24 bits per heavy atom. The smallest absolute Gasteiger partial charge is 0.451 e. The van der Waals surface area contributed by atoms with Gasteiger partial charge in [0, 0.05) is 30.1 Å². The van der Waals surface area contributed by atoms with Crippen molar-refractivity contribution in [2.45, 2.75) is 31.9 Å². The van der Waals surface area contributed by atoms with Gasteiger partial charge in [0.2, 0.25) is 11.7 Å². The highest BCUT2D eigenvalue weighted by Gasteiger charge is 2.41. The van der Waals surface area contributed by atoms with E-state index in [0.29, 0.717) is 5.01 Å². The van der Waals surface area contributed by atoms with Gasteiger partial charge in [0.1, 0.15) is 15.8 Å². The molecule has 0 aliphatic heterocycles. The molecule has 0 bridgehead atoms. The first-order valence-electron chi connectivity index (χ1n) is 8.87. The van der Waals surface area contributed by atoms with Crippen molar-refractivity contribution in [2.24, 2.45) is 5.92 Å². The molecule has 1 aliphatic rings. The molecule has 11 heteroatoms. The van der Waals surface area contributed by atoms with E-state index in [1.165, 1.54) is 11.3 Å². The molecule has 1 saturated carbocycles. The van der Waals surface area contributed by atoms with Crippen LogP contribution >= 0.6 is 11.3 Å². The van der Waals surface area contributed by atoms with E-state index in [-0.39, 0.29) is 42.1 Å². The summed E-state index contributed by atoms with van der Waals surface area (Å²) in [6.45, 7) is 2.01. The topological polar surface area (TPSA) is 99.7 Å². The first kappa shape index (κ1) is 19.5. The minimum Gasteiger partial charge on any atom is -0.477 e. The molecule has 1 fully saturated rings. The second-order valence-corrected chi connectivity index (χ2v) is 8.04. The molecule has 0 aromatic carbocycles. The van der Waals surface area contributed by atoms with Crippen LogP contribution in [0.5, 0.6) is 5.88 Å². The second-order valence-electron chi connectivity index (χ2n) is 6.77. The summed E-state index contributed by atoms with van der Waals surface area (Å²) in [5, 5.41) is 9.25. The molecule has 3 heterocycles. The molecule has 2 unspecified atom stereocenters. The van der Waals surface area contributed by atoms with Gasteiger partial charge in [-0.3, -0.25) is 4.98 Å². The van der Waals surface area contributed by atoms with Crippen molar-refractivity contribution >= 4 is 17.2 Å². The highest BCUT2D eigenvalue weighted by atomic mass is 32.1. The number of hydrogen-bond donors (Lipinski definition) is 1. The number of nitrogens with two attached hydrogens (primary N) is 1. The van der Waals surface area contributed by atoms with E-state index in [2.05, 4.69) is 25.1 Å². The molecule has 0 radical (unpaired) electrons. The largest absolute Gasteiger partial charge is 0.477 e. The summed E-state index contributed by atoms with van der Waals surface area (Å²) in [6, 6.07) is 5.67. The standard InChI is InChI=1S/C18H17F3N6OS/c1-9-26-27-14(29-9)7-12-15(22)24-17(18(19,20)21)25-16(12)28-8-10-6-11(10)13-4-2-3-5-23-13/h2-5,10-11H,6-8H2,1H3,(H2,22,24,25). The van der Waals surface area contributed by atoms with E-state index in [9.17, 15) is 13.2 Å². The molecule has 1 aliphatic carbocycles. The molecule has 2 atom stereocenters. The predicted octanol–water partition coefficient (Wildman–Crippen LogP) is 3.41. The van der Waals surface area contributed by atoms with Crippen molar-refractivity contribution in [1.29, 1.82) is 0 Å². The highest BCUT2D eigenvalue weighted by molar-refractivity contribution is 7.11. The van der Waals surface area contributed by atoms with Crippen molar-refractivity contribution in [3.05, 3.63) is 51.5 Å². The summed E-state index contributed by atoms with van der Waals surface area (Å²) in [5.74, 6) is -1.37. The van der Waals surface area contributed by atoms with Gasteiger partial charge in [-0.2, -0.15) is 18.2 Å². The number of hydrogen-bond acceptors (Lipinski definition) is 8. The fraction of sp³-hybridized carbons (Fsp3) is 0.389. The van der Waals surface area contributed by atoms with E-state index < -0.39 is 12.0 Å². The van der Waals surface area contributed by atoms with Crippen LogP contribution in [0.1, 0.15) is 39.4 Å². The lowest BCUT2D eigenvalue weighted by Crippen LogP contribution is -2.17. The van der Waals surface area contributed by atoms with Crippen molar-refractivity contribution in [3.8, 4) is 5.88 Å². The van der Waals surface area contributed by atoms with Gasteiger partial charge in [-0.15, -0.1) is 21.5 Å². The monoisotopic (exact) mass is 422 g/mol. The summed E-state index contributed by atoms with van der Waals surface area (Å²) in [4.78, 5) is 11.3. The molecule has 3 aromatic rings. The molecule has 2 N–H and O–H groups in total. The highest BCUT2D eigenvalue weighted by Crippen LogP contribution is 2.47. The summed E-state index contributed by atoms with van der Waals surface area (Å²) in [6.07, 6.45) is -2.00. The zero-order chi connectivity index (χ0) is 20.6. The van der Waals surface area contributed by atoms with Gasteiger partial charge in [-0.25, -0.2) is 4.98 Å². The maximum atomic E-state index is 13.1. The fourth-order valence-electron chi connectivity index (χ4n) is 3.03. The third kappa shape index (κ3) is 4.44. The third-order valence-corrected chi connectivity index (χ3v) is 5.41. The van der Waals surface area contributed by atoms with Crippen molar-refractivity contribution in [3.63, 3.8) is 0 Å². The molecule has 3 aromatic heterocycles. The van der Waals surface area contributed by atoms with E-state index in [0.717, 1.165) is 17.1 Å². The first-order chi connectivity index (χ1) is 13.8. The van der Waals surface area contributed by atoms with E-state index in [1.807, 2.05) is 18.2 Å². The van der Waals surface area contributed by atoms with Crippen LogP contribution in [-0.2, 0) is 12.6 Å². The van der Waals surface area contributed by atoms with Gasteiger partial charge >= 0.3 is 6.18 Å². The first-order valence-corrected chi connectivity index (χ1v) is 9.69. The normalized spacial score (nSPS) is 18.6. The Morgan fingerprint density at radius 3 is 2.72 bits per heavy atom. The summed E-state index contributed by atoms with van der Waals surface area (Å²) < 4.78 is 45.1. The second kappa shape index (κ2) is 7.54. The zero-order valence-corrected chi connectivity index (χ0v) is 16.2. The van der Waals surface area contributed by atoms with Crippen molar-refractivity contribution in [1.82, 2.24) is 25.1 Å². The van der Waals surface area contributed by atoms with Crippen LogP contribution in [0.25, 0.3) is 0 Å². The number of rotatable bonds is 6. The minimum atomic E-state index is -4.72. The number of halogens is 3. The quantitative estimate of drug-likeness (QED) is 0.650. The van der Waals surface area contributed by atoms with Gasteiger partial charge < -0.3 is 10.5 Å². The molecule has 0 amide bonds. The maximum absolute atomic E-state index is 13.1. The average Bonchev–Trinajstić information content (AvgIpc) is 3.35. The number of pyridine rings is 1. The van der Waals surface area contributed by atoms with Gasteiger partial charge in [0.25, 0.3) is 0 Å². The fourth-order valence-corrected chi connectivity index (χ4v) is 3.75. The van der Waals surface area contributed by atoms with Gasteiger partial charge in [0.15, 0.2) is 0 Å². The Morgan fingerprint density at radius 2 is 2.07 bits per heavy atom. The number of nitrogen functional groups attached to an aromatic ring is 1. The Hall–Kier alpha value is -2.82. The number of aromatic nitrogens is 5. The summed E-state index contributed by atoms with van der Waals surface area (Å²) in [7, 11) is 0. The molecule has 29 heavy (non-hydrogen) atoms. The lowest BCUT2D eigenvalue weighted by atomic mass is 10.2. The van der Waals surface area contributed by atoms with Crippen molar-refractivity contribution < 1.29 is 17.9 Å². The van der Waals surface area contributed by atoms with E-state index in [1.54, 1.807) is 13.1 Å². The zero-order valence-electron chi connectivity index (χ0n) is 15.3. The number of alkyl halides is 3. The molecule has 0 saturated heterocycles. The summed E-state index contributed by atoms with van der Waals surface area (Å²) in [5.41, 5.74) is 7.06. The van der Waals surface area contributed by atoms with E-state index >= 15 is 0 Å². The van der Waals surface area contributed by atoms with Crippen LogP contribution in [0.2, 0.25) is 0 Å². The number of aryl methyl sites for hydroxylation is 1. The lowest BCUT2D eigenvalue weighted by Gasteiger charge is -2.14. The molecule has 0 spiro atoms. The predicted molar refractivity (Wildman–Crippen MR) is 99.5 cm³/mol. The number of anilines is 1. The summed E-state index contributed by atoms with van der Waals surface area (Å²) >= 11 is 1.32. The molecule has 4 rings (SSSR count). The lowest BCUT2D eigenvalue weighted by molar-refractivity contribution is -0.145. The SMILES string of the molecule is Cc1nnc(Cc2c(N)nc(C(F)(F)F)nc2OCC2CC2c2ccccn2)s1. The van der Waals surface area contributed by atoms with E-state index in [4.69, 9.17) is 10.5 Å². The Balaban J connectivity index is 1.55. The number of nitrogens with zero attached hydrogens (tertiary/aromatic N) is 5. The maximum Gasteiger partial charge on any atom is 0.451 e. The molecular formula is C18H17F3N6OS. The van der Waals surface area contributed by atoms with Crippen molar-refractivity contribution in [2.75, 3.05) is 12.3 Å². The Labute approximate surface area is 168 Å². The van der Waals surface area contributed by atoms with Gasteiger partial charge in [-0.1, -0.05) is 6.07 Å². The van der Waals surface area contributed by atoms with Crippen LogP contribution in [-0.4, -0.2) is 31.8 Å². The Bertz CT molecular complexity index is 1010. The third-order valence-electron chi connectivity index (χ3n) is 4.57. The van der Waals surface area contributed by atoms with Crippen LogP contribution in [0.15, 0.2) is 24.4 Å². The number of ether oxygens (including phenoxy) is 1. The Kier molecular flexibility index (Phi) is 5.07. The van der Waals surface area contributed by atoms with Crippen LogP contribution < -0.4 is 10.5 Å². The minimum absolute atomic E-state index is 0.152. The van der Waals surface area contributed by atoms with Crippen LogP contribution in [0.3, 0.4) is 0 Å².